The molecule has 1 saturated heterocycles. The lowest BCUT2D eigenvalue weighted by molar-refractivity contribution is -0.116. The predicted octanol–water partition coefficient (Wildman–Crippen LogP) is 1.84. The fraction of sp³-hybridized carbons (Fsp3) is 0.368. The number of aromatic nitrogens is 1. The van der Waals surface area contributed by atoms with Crippen LogP contribution in [0.4, 0.5) is 0 Å². The lowest BCUT2D eigenvalue weighted by atomic mass is 10.1. The largest absolute Gasteiger partial charge is 0.392 e. The lowest BCUT2D eigenvalue weighted by Crippen LogP contribution is -2.43. The van der Waals surface area contributed by atoms with Crippen molar-refractivity contribution in [1.29, 1.82) is 0 Å². The third kappa shape index (κ3) is 5.22. The monoisotopic (exact) mass is 373 g/mol. The molecule has 7 heteroatoms. The molecule has 1 fully saturated rings. The summed E-state index contributed by atoms with van der Waals surface area (Å²) in [7, 11) is 0. The van der Waals surface area contributed by atoms with Crippen LogP contribution in [0.5, 0.6) is 0 Å². The minimum atomic E-state index is -0.133. The molecule has 0 radical (unpaired) electrons. The van der Waals surface area contributed by atoms with Crippen molar-refractivity contribution in [2.24, 2.45) is 0 Å². The first-order valence-corrected chi connectivity index (χ1v) is 9.50. The Morgan fingerprint density at radius 3 is 3.00 bits per heavy atom. The fourth-order valence-electron chi connectivity index (χ4n) is 2.90. The zero-order chi connectivity index (χ0) is 18.2. The smallest absolute Gasteiger partial charge is 0.244 e. The minimum absolute atomic E-state index is 0.0167. The summed E-state index contributed by atoms with van der Waals surface area (Å²) in [5.41, 5.74) is 1.95. The van der Waals surface area contributed by atoms with E-state index in [2.05, 4.69) is 15.2 Å². The molecule has 1 aliphatic heterocycles. The average molecular weight is 373 g/mol. The maximum Gasteiger partial charge on any atom is 0.244 e. The van der Waals surface area contributed by atoms with Gasteiger partial charge in [0.05, 0.1) is 25.9 Å². The normalized spacial score (nSPS) is 16.7. The van der Waals surface area contributed by atoms with E-state index in [1.807, 2.05) is 29.8 Å². The van der Waals surface area contributed by atoms with Crippen molar-refractivity contribution in [2.45, 2.75) is 12.6 Å². The van der Waals surface area contributed by atoms with Crippen LogP contribution in [0.2, 0.25) is 0 Å². The first-order valence-electron chi connectivity index (χ1n) is 8.62. The molecule has 1 unspecified atom stereocenters. The van der Waals surface area contributed by atoms with E-state index in [1.54, 1.807) is 12.3 Å². The van der Waals surface area contributed by atoms with Crippen LogP contribution in [0.3, 0.4) is 0 Å². The fourth-order valence-corrected chi connectivity index (χ4v) is 3.69. The molecule has 0 bridgehead atoms. The van der Waals surface area contributed by atoms with E-state index in [9.17, 15) is 4.79 Å². The molecule has 26 heavy (non-hydrogen) atoms. The van der Waals surface area contributed by atoms with Gasteiger partial charge in [-0.15, -0.1) is 11.3 Å². The van der Waals surface area contributed by atoms with E-state index >= 15 is 0 Å². The number of morpholine rings is 1. The number of hydrogen-bond donors (Lipinski definition) is 2. The molecular formula is C19H23N3O3S. The molecule has 2 aromatic heterocycles. The second-order valence-electron chi connectivity index (χ2n) is 6.04. The molecule has 1 aliphatic rings. The number of nitrogens with one attached hydrogen (secondary N) is 1. The van der Waals surface area contributed by atoms with E-state index in [4.69, 9.17) is 9.84 Å². The van der Waals surface area contributed by atoms with Gasteiger partial charge in [-0.1, -0.05) is 6.07 Å². The number of thiophene rings is 1. The number of aliphatic hydroxyl groups excluding tert-OH is 1. The number of carbonyl (C=O) groups is 1. The Bertz CT molecular complexity index is 727. The van der Waals surface area contributed by atoms with E-state index < -0.39 is 0 Å². The highest BCUT2D eigenvalue weighted by Gasteiger charge is 2.23. The van der Waals surface area contributed by atoms with Gasteiger partial charge in [-0.2, -0.15) is 0 Å². The van der Waals surface area contributed by atoms with Gasteiger partial charge >= 0.3 is 0 Å². The summed E-state index contributed by atoms with van der Waals surface area (Å²) in [6.07, 6.45) is 6.91. The zero-order valence-electron chi connectivity index (χ0n) is 14.5. The molecule has 3 heterocycles. The van der Waals surface area contributed by atoms with Gasteiger partial charge in [-0.3, -0.25) is 14.7 Å². The Morgan fingerprint density at radius 2 is 2.31 bits per heavy atom. The van der Waals surface area contributed by atoms with Crippen molar-refractivity contribution in [3.05, 3.63) is 58.1 Å². The Morgan fingerprint density at radius 1 is 1.46 bits per heavy atom. The SMILES string of the molecule is O=C(/C=C/c1cc(CO)cs1)NCC(c1cccnc1)N1CCOCC1. The number of aliphatic hydroxyl groups is 1. The quantitative estimate of drug-likeness (QED) is 0.725. The molecular weight excluding hydrogens is 350 g/mol. The maximum absolute atomic E-state index is 12.2. The van der Waals surface area contributed by atoms with Crippen LogP contribution in [0.1, 0.15) is 22.0 Å². The van der Waals surface area contributed by atoms with Crippen molar-refractivity contribution < 1.29 is 14.6 Å². The summed E-state index contributed by atoms with van der Waals surface area (Å²) in [5, 5.41) is 14.0. The summed E-state index contributed by atoms with van der Waals surface area (Å²) in [6.45, 7) is 3.62. The van der Waals surface area contributed by atoms with Gasteiger partial charge in [0.1, 0.15) is 0 Å². The van der Waals surface area contributed by atoms with Crippen molar-refractivity contribution in [2.75, 3.05) is 32.8 Å². The Balaban J connectivity index is 1.60. The van der Waals surface area contributed by atoms with Gasteiger partial charge in [0.25, 0.3) is 0 Å². The van der Waals surface area contributed by atoms with Crippen LogP contribution in [0, 0.1) is 0 Å². The second-order valence-corrected chi connectivity index (χ2v) is 6.99. The molecule has 1 amide bonds. The molecule has 0 aromatic carbocycles. The standard InChI is InChI=1S/C19H23N3O3S/c23-13-15-10-17(26-14-15)3-4-19(24)21-12-18(16-2-1-5-20-11-16)22-6-8-25-9-7-22/h1-5,10-11,14,18,23H,6-9,12-13H2,(H,21,24)/b4-3+. The number of pyridine rings is 1. The van der Waals surface area contributed by atoms with E-state index in [0.717, 1.165) is 29.1 Å². The average Bonchev–Trinajstić information content (AvgIpc) is 3.16. The highest BCUT2D eigenvalue weighted by molar-refractivity contribution is 7.11. The van der Waals surface area contributed by atoms with E-state index in [0.29, 0.717) is 19.8 Å². The van der Waals surface area contributed by atoms with Gasteiger partial charge in [0.15, 0.2) is 0 Å². The maximum atomic E-state index is 12.2. The summed E-state index contributed by atoms with van der Waals surface area (Å²) in [6, 6.07) is 5.91. The molecule has 2 N–H and O–H groups in total. The second kappa shape index (κ2) is 9.59. The summed E-state index contributed by atoms with van der Waals surface area (Å²) in [5.74, 6) is -0.133. The Kier molecular flexibility index (Phi) is 6.90. The van der Waals surface area contributed by atoms with Crippen LogP contribution in [0.25, 0.3) is 6.08 Å². The number of rotatable bonds is 7. The number of carbonyl (C=O) groups excluding carboxylic acids is 1. The van der Waals surface area contributed by atoms with Crippen molar-refractivity contribution in [3.8, 4) is 0 Å². The van der Waals surface area contributed by atoms with Gasteiger partial charge in [-0.25, -0.2) is 0 Å². The zero-order valence-corrected chi connectivity index (χ0v) is 15.3. The summed E-state index contributed by atoms with van der Waals surface area (Å²) >= 11 is 1.50. The lowest BCUT2D eigenvalue weighted by Gasteiger charge is -2.34. The topological polar surface area (TPSA) is 74.7 Å². The molecule has 0 spiro atoms. The van der Waals surface area contributed by atoms with Crippen LogP contribution in [-0.4, -0.2) is 53.7 Å². The third-order valence-electron chi connectivity index (χ3n) is 4.28. The van der Waals surface area contributed by atoms with Crippen LogP contribution in [0.15, 0.2) is 42.0 Å². The molecule has 0 aliphatic carbocycles. The molecule has 138 valence electrons. The molecule has 3 rings (SSSR count). The van der Waals surface area contributed by atoms with Gasteiger partial charge < -0.3 is 15.2 Å². The number of amides is 1. The number of ether oxygens (including phenoxy) is 1. The van der Waals surface area contributed by atoms with Crippen molar-refractivity contribution >= 4 is 23.3 Å². The number of hydrogen-bond acceptors (Lipinski definition) is 6. The van der Waals surface area contributed by atoms with Gasteiger partial charge in [0.2, 0.25) is 5.91 Å². The van der Waals surface area contributed by atoms with Gasteiger partial charge in [0, 0.05) is 43.0 Å². The van der Waals surface area contributed by atoms with Crippen LogP contribution >= 0.6 is 11.3 Å². The molecule has 6 nitrogen and oxygen atoms in total. The van der Waals surface area contributed by atoms with Crippen LogP contribution in [-0.2, 0) is 16.1 Å². The number of nitrogens with zero attached hydrogens (tertiary/aromatic N) is 2. The van der Waals surface area contributed by atoms with Crippen molar-refractivity contribution in [3.63, 3.8) is 0 Å². The van der Waals surface area contributed by atoms with Gasteiger partial charge in [-0.05, 0) is 34.7 Å². The van der Waals surface area contributed by atoms with Crippen LogP contribution < -0.4 is 5.32 Å². The molecule has 0 saturated carbocycles. The summed E-state index contributed by atoms with van der Waals surface area (Å²) < 4.78 is 5.44. The van der Waals surface area contributed by atoms with Crippen molar-refractivity contribution in [1.82, 2.24) is 15.2 Å². The van der Waals surface area contributed by atoms with E-state index in [-0.39, 0.29) is 18.6 Å². The highest BCUT2D eigenvalue weighted by atomic mass is 32.1. The summed E-state index contributed by atoms with van der Waals surface area (Å²) in [4.78, 5) is 19.7. The van der Waals surface area contributed by atoms with E-state index in [1.165, 1.54) is 17.4 Å². The Hall–Kier alpha value is -2.06. The minimum Gasteiger partial charge on any atom is -0.392 e. The predicted molar refractivity (Wildman–Crippen MR) is 102 cm³/mol. The first-order chi connectivity index (χ1) is 12.8. The highest BCUT2D eigenvalue weighted by Crippen LogP contribution is 2.20. The first kappa shape index (κ1) is 18.7. The third-order valence-corrected chi connectivity index (χ3v) is 5.23. The molecule has 1 atom stereocenters. The Labute approximate surface area is 157 Å². The molecule has 2 aromatic rings.